The number of thiophene rings is 1. The highest BCUT2D eigenvalue weighted by atomic mass is 32.1. The molecule has 0 spiro atoms. The molecule has 0 bridgehead atoms. The average molecular weight is 308 g/mol. The third-order valence-electron chi connectivity index (χ3n) is 3.38. The standard InChI is InChI=1S/C15H24N4OS/c1-16-15(19(2)10-12-7-9-21-11-12)17-8-3-4-14(20)18-13-5-6-13/h7,9,11,13H,3-6,8,10H2,1-2H3,(H,16,17)(H,18,20). The molecule has 21 heavy (non-hydrogen) atoms. The molecule has 1 saturated carbocycles. The van der Waals surface area contributed by atoms with Gasteiger partial charge in [-0.3, -0.25) is 9.79 Å². The summed E-state index contributed by atoms with van der Waals surface area (Å²) in [5, 5.41) is 10.5. The van der Waals surface area contributed by atoms with Crippen molar-refractivity contribution in [3.8, 4) is 0 Å². The van der Waals surface area contributed by atoms with E-state index in [9.17, 15) is 4.79 Å². The van der Waals surface area contributed by atoms with E-state index in [2.05, 4.69) is 37.4 Å². The lowest BCUT2D eigenvalue weighted by Crippen LogP contribution is -2.39. The van der Waals surface area contributed by atoms with Crippen LogP contribution >= 0.6 is 11.3 Å². The number of hydrogen-bond acceptors (Lipinski definition) is 3. The number of aliphatic imine (C=N–C) groups is 1. The molecule has 5 nitrogen and oxygen atoms in total. The van der Waals surface area contributed by atoms with Crippen molar-refractivity contribution in [2.75, 3.05) is 20.6 Å². The monoisotopic (exact) mass is 308 g/mol. The van der Waals surface area contributed by atoms with E-state index in [1.807, 2.05) is 7.05 Å². The summed E-state index contributed by atoms with van der Waals surface area (Å²) in [5.74, 6) is 1.03. The van der Waals surface area contributed by atoms with E-state index >= 15 is 0 Å². The molecule has 0 atom stereocenters. The van der Waals surface area contributed by atoms with Crippen LogP contribution in [-0.4, -0.2) is 43.4 Å². The fraction of sp³-hybridized carbons (Fsp3) is 0.600. The minimum absolute atomic E-state index is 0.168. The zero-order chi connectivity index (χ0) is 15.1. The van der Waals surface area contributed by atoms with Crippen molar-refractivity contribution in [3.05, 3.63) is 22.4 Å². The van der Waals surface area contributed by atoms with Gasteiger partial charge in [0, 0.05) is 39.6 Å². The molecule has 1 aliphatic rings. The van der Waals surface area contributed by atoms with Crippen LogP contribution in [0.5, 0.6) is 0 Å². The number of carbonyl (C=O) groups excluding carboxylic acids is 1. The van der Waals surface area contributed by atoms with Gasteiger partial charge in [-0.1, -0.05) is 0 Å². The minimum Gasteiger partial charge on any atom is -0.356 e. The molecular weight excluding hydrogens is 284 g/mol. The molecule has 2 rings (SSSR count). The molecule has 1 aromatic rings. The molecule has 1 fully saturated rings. The molecule has 0 radical (unpaired) electrons. The van der Waals surface area contributed by atoms with Crippen molar-refractivity contribution in [2.24, 2.45) is 4.99 Å². The van der Waals surface area contributed by atoms with Crippen LogP contribution in [0, 0.1) is 0 Å². The Morgan fingerprint density at radius 3 is 2.95 bits per heavy atom. The number of rotatable bonds is 7. The Kier molecular flexibility index (Phi) is 6.04. The van der Waals surface area contributed by atoms with Crippen molar-refractivity contribution in [1.29, 1.82) is 0 Å². The molecule has 0 unspecified atom stereocenters. The van der Waals surface area contributed by atoms with Gasteiger partial charge in [0.25, 0.3) is 0 Å². The van der Waals surface area contributed by atoms with Gasteiger partial charge in [-0.2, -0.15) is 11.3 Å². The van der Waals surface area contributed by atoms with Crippen molar-refractivity contribution >= 4 is 23.2 Å². The molecule has 1 amide bonds. The van der Waals surface area contributed by atoms with Gasteiger partial charge in [-0.05, 0) is 41.7 Å². The maximum absolute atomic E-state index is 11.6. The summed E-state index contributed by atoms with van der Waals surface area (Å²) in [6, 6.07) is 2.58. The van der Waals surface area contributed by atoms with E-state index in [0.29, 0.717) is 12.5 Å². The summed E-state index contributed by atoms with van der Waals surface area (Å²) in [4.78, 5) is 17.9. The first-order valence-electron chi connectivity index (χ1n) is 7.41. The SMILES string of the molecule is CN=C(NCCCC(=O)NC1CC1)N(C)Cc1ccsc1. The summed E-state index contributed by atoms with van der Waals surface area (Å²) in [5.41, 5.74) is 1.29. The van der Waals surface area contributed by atoms with Crippen LogP contribution in [0.15, 0.2) is 21.8 Å². The Bertz CT molecular complexity index is 468. The molecule has 6 heteroatoms. The number of amides is 1. The highest BCUT2D eigenvalue weighted by Crippen LogP contribution is 2.18. The van der Waals surface area contributed by atoms with E-state index in [4.69, 9.17) is 0 Å². The molecule has 0 aromatic carbocycles. The summed E-state index contributed by atoms with van der Waals surface area (Å²) in [6.45, 7) is 1.60. The highest BCUT2D eigenvalue weighted by Gasteiger charge is 2.22. The predicted octanol–water partition coefficient (Wildman–Crippen LogP) is 1.81. The Hall–Kier alpha value is -1.56. The average Bonchev–Trinajstić information content (AvgIpc) is 3.12. The Balaban J connectivity index is 1.63. The third-order valence-corrected chi connectivity index (χ3v) is 4.11. The number of carbonyl (C=O) groups is 1. The van der Waals surface area contributed by atoms with Crippen LogP contribution in [0.4, 0.5) is 0 Å². The molecule has 116 valence electrons. The molecule has 2 N–H and O–H groups in total. The molecule has 1 aromatic heterocycles. The number of nitrogens with one attached hydrogen (secondary N) is 2. The molecule has 1 aliphatic carbocycles. The number of hydrogen-bond donors (Lipinski definition) is 2. The van der Waals surface area contributed by atoms with Crippen molar-refractivity contribution < 1.29 is 4.79 Å². The van der Waals surface area contributed by atoms with Crippen LogP contribution in [-0.2, 0) is 11.3 Å². The summed E-state index contributed by atoms with van der Waals surface area (Å²) in [7, 11) is 3.80. The van der Waals surface area contributed by atoms with Gasteiger partial charge in [0.1, 0.15) is 0 Å². The molecule has 0 saturated heterocycles. The lowest BCUT2D eigenvalue weighted by Gasteiger charge is -2.21. The van der Waals surface area contributed by atoms with Gasteiger partial charge in [0.2, 0.25) is 5.91 Å². The van der Waals surface area contributed by atoms with E-state index < -0.39 is 0 Å². The first-order valence-corrected chi connectivity index (χ1v) is 8.35. The number of nitrogens with zero attached hydrogens (tertiary/aromatic N) is 2. The molecular formula is C15H24N4OS. The maximum atomic E-state index is 11.6. The molecule has 0 aliphatic heterocycles. The van der Waals surface area contributed by atoms with E-state index in [0.717, 1.165) is 38.3 Å². The minimum atomic E-state index is 0.168. The first kappa shape index (κ1) is 15.8. The van der Waals surface area contributed by atoms with Crippen molar-refractivity contribution in [3.63, 3.8) is 0 Å². The Labute approximate surface area is 130 Å². The van der Waals surface area contributed by atoms with Gasteiger partial charge in [0.15, 0.2) is 5.96 Å². The normalized spacial score (nSPS) is 14.9. The van der Waals surface area contributed by atoms with Gasteiger partial charge in [-0.15, -0.1) is 0 Å². The van der Waals surface area contributed by atoms with Crippen molar-refractivity contribution in [2.45, 2.75) is 38.3 Å². The Morgan fingerprint density at radius 1 is 1.52 bits per heavy atom. The largest absolute Gasteiger partial charge is 0.356 e. The topological polar surface area (TPSA) is 56.7 Å². The van der Waals surface area contributed by atoms with Gasteiger partial charge < -0.3 is 15.5 Å². The predicted molar refractivity (Wildman–Crippen MR) is 87.5 cm³/mol. The third kappa shape index (κ3) is 5.75. The van der Waals surface area contributed by atoms with Crippen LogP contribution < -0.4 is 10.6 Å². The second kappa shape index (κ2) is 8.02. The quantitative estimate of drug-likeness (QED) is 0.459. The van der Waals surface area contributed by atoms with Gasteiger partial charge in [-0.25, -0.2) is 0 Å². The second-order valence-electron chi connectivity index (χ2n) is 5.41. The summed E-state index contributed by atoms with van der Waals surface area (Å²) < 4.78 is 0. The van der Waals surface area contributed by atoms with E-state index in [1.165, 1.54) is 5.56 Å². The lowest BCUT2D eigenvalue weighted by atomic mass is 10.3. The van der Waals surface area contributed by atoms with Crippen LogP contribution in [0.3, 0.4) is 0 Å². The fourth-order valence-electron chi connectivity index (χ4n) is 2.09. The lowest BCUT2D eigenvalue weighted by molar-refractivity contribution is -0.121. The first-order chi connectivity index (χ1) is 10.2. The zero-order valence-electron chi connectivity index (χ0n) is 12.8. The maximum Gasteiger partial charge on any atom is 0.220 e. The highest BCUT2D eigenvalue weighted by molar-refractivity contribution is 7.07. The van der Waals surface area contributed by atoms with Crippen LogP contribution in [0.2, 0.25) is 0 Å². The van der Waals surface area contributed by atoms with Crippen LogP contribution in [0.25, 0.3) is 0 Å². The van der Waals surface area contributed by atoms with E-state index in [-0.39, 0.29) is 5.91 Å². The Morgan fingerprint density at radius 2 is 2.33 bits per heavy atom. The smallest absolute Gasteiger partial charge is 0.220 e. The summed E-state index contributed by atoms with van der Waals surface area (Å²) in [6.07, 6.45) is 3.69. The second-order valence-corrected chi connectivity index (χ2v) is 6.19. The zero-order valence-corrected chi connectivity index (χ0v) is 13.6. The van der Waals surface area contributed by atoms with E-state index in [1.54, 1.807) is 18.4 Å². The molecule has 1 heterocycles. The number of guanidine groups is 1. The van der Waals surface area contributed by atoms with Gasteiger partial charge in [0.05, 0.1) is 0 Å². The van der Waals surface area contributed by atoms with Crippen molar-refractivity contribution in [1.82, 2.24) is 15.5 Å². The van der Waals surface area contributed by atoms with Gasteiger partial charge >= 0.3 is 0 Å². The fourth-order valence-corrected chi connectivity index (χ4v) is 2.75. The summed E-state index contributed by atoms with van der Waals surface area (Å²) >= 11 is 1.70. The van der Waals surface area contributed by atoms with Crippen LogP contribution in [0.1, 0.15) is 31.2 Å².